The molecule has 6 aliphatic heterocycles. The Kier molecular flexibility index (Phi) is 24.0. The quantitative estimate of drug-likeness (QED) is 0.0873. The lowest BCUT2D eigenvalue weighted by Gasteiger charge is -2.36. The van der Waals surface area contributed by atoms with Gasteiger partial charge in [-0.25, -0.2) is 0 Å². The van der Waals surface area contributed by atoms with Gasteiger partial charge in [0, 0.05) is 129 Å². The first-order valence-corrected chi connectivity index (χ1v) is 40.0. The van der Waals surface area contributed by atoms with E-state index in [2.05, 4.69) is 111 Å². The van der Waals surface area contributed by atoms with E-state index in [1.54, 1.807) is 0 Å². The molecule has 9 atom stereocenters. The molecule has 3 unspecified atom stereocenters. The van der Waals surface area contributed by atoms with Crippen LogP contribution in [-0.2, 0) is 72.4 Å². The number of aromatic nitrogens is 6. The summed E-state index contributed by atoms with van der Waals surface area (Å²) in [5.74, 6) is 0.786. The van der Waals surface area contributed by atoms with Crippen LogP contribution in [0.5, 0.6) is 0 Å². The SMILES string of the molecule is Cc1cccc(N2CCC(C(O)Cn3nc(C(=O)N4C[C@@H](C)O[C@@H](C)C4)c4c3CCC4)CC2)c1C.Cc1cccc(N2CCC(C(O)Cn3nc(C(=O)N4C[C@@H](C)O[C@@H](C)C4)c4c3CCC4)CC2)c1C.Cc1cccc(N2CCC(C(O)Cn3nc(C(=O)N4C[C@@H](C)O[C@@H](C)C4)c4c3CCC4)CC2)c1C. The predicted octanol–water partition coefficient (Wildman–Crippen LogP) is 10.5. The third kappa shape index (κ3) is 16.9. The van der Waals surface area contributed by atoms with E-state index in [1.807, 2.05) is 70.3 Å². The van der Waals surface area contributed by atoms with Crippen molar-refractivity contribution in [2.24, 2.45) is 17.8 Å². The summed E-state index contributed by atoms with van der Waals surface area (Å²) in [6.07, 6.45) is 13.3. The molecule has 9 heterocycles. The first-order chi connectivity index (χ1) is 50.4. The Labute approximate surface area is 623 Å². The summed E-state index contributed by atoms with van der Waals surface area (Å²) in [6.45, 7) is 36.0. The number of hydrogen-bond acceptors (Lipinski definition) is 15. The highest BCUT2D eigenvalue weighted by molar-refractivity contribution is 5.95. The number of aliphatic hydroxyl groups excluding tert-OH is 3. The van der Waals surface area contributed by atoms with Gasteiger partial charge in [-0.05, 0) is 249 Å². The molecular formula is C84H120N12O9. The Hall–Kier alpha value is -7.14. The average molecular weight is 1440 g/mol. The van der Waals surface area contributed by atoms with Crippen molar-refractivity contribution in [3.8, 4) is 0 Å². The second kappa shape index (κ2) is 33.1. The second-order valence-corrected chi connectivity index (χ2v) is 32.7. The van der Waals surface area contributed by atoms with Gasteiger partial charge in [0.05, 0.1) is 74.6 Å². The molecule has 0 saturated carbocycles. The summed E-state index contributed by atoms with van der Waals surface area (Å²) in [5.41, 5.74) is 20.5. The molecule has 105 heavy (non-hydrogen) atoms. The first-order valence-electron chi connectivity index (χ1n) is 40.0. The van der Waals surface area contributed by atoms with Gasteiger partial charge in [0.15, 0.2) is 17.1 Å². The molecule has 21 heteroatoms. The van der Waals surface area contributed by atoms with Crippen LogP contribution < -0.4 is 14.7 Å². The normalized spacial score (nSPS) is 24.0. The number of morpholine rings is 3. The van der Waals surface area contributed by atoms with E-state index in [0.29, 0.717) is 76.0 Å². The number of piperidine rings is 3. The third-order valence-electron chi connectivity index (χ3n) is 24.8. The number of carbonyl (C=O) groups excluding carboxylic acids is 3. The summed E-state index contributed by atoms with van der Waals surface area (Å²) in [6, 6.07) is 19.5. The molecule has 3 aromatic carbocycles. The minimum Gasteiger partial charge on any atom is -0.391 e. The lowest BCUT2D eigenvalue weighted by Crippen LogP contribution is -2.48. The Morgan fingerprint density at radius 2 is 0.619 bits per heavy atom. The van der Waals surface area contributed by atoms with Crippen LogP contribution in [0.1, 0.15) is 198 Å². The van der Waals surface area contributed by atoms with Crippen LogP contribution >= 0.6 is 0 Å². The Balaban J connectivity index is 0.000000140. The maximum absolute atomic E-state index is 13.4. The van der Waals surface area contributed by atoms with Crippen molar-refractivity contribution >= 4 is 34.8 Å². The molecule has 0 bridgehead atoms. The fourth-order valence-electron chi connectivity index (χ4n) is 18.8. The van der Waals surface area contributed by atoms with Gasteiger partial charge < -0.3 is 58.9 Å². The largest absolute Gasteiger partial charge is 0.391 e. The van der Waals surface area contributed by atoms with Crippen LogP contribution in [0, 0.1) is 59.3 Å². The van der Waals surface area contributed by atoms with Gasteiger partial charge >= 0.3 is 0 Å². The second-order valence-electron chi connectivity index (χ2n) is 32.7. The number of aryl methyl sites for hydroxylation is 3. The topological polar surface area (TPSA) is 212 Å². The van der Waals surface area contributed by atoms with Crippen molar-refractivity contribution in [2.75, 3.05) is 93.2 Å². The molecule has 0 radical (unpaired) electrons. The molecule has 3 N–H and O–H groups in total. The molecule has 6 aromatic rings. The van der Waals surface area contributed by atoms with Gasteiger partial charge in [-0.2, -0.15) is 15.3 Å². The van der Waals surface area contributed by atoms with E-state index < -0.39 is 18.3 Å². The number of nitrogens with zero attached hydrogens (tertiary/aromatic N) is 12. The molecule has 3 aliphatic carbocycles. The van der Waals surface area contributed by atoms with Crippen molar-refractivity contribution in [2.45, 2.75) is 254 Å². The summed E-state index contributed by atoms with van der Waals surface area (Å²) < 4.78 is 23.3. The van der Waals surface area contributed by atoms with Crippen LogP contribution in [0.2, 0.25) is 0 Å². The summed E-state index contributed by atoms with van der Waals surface area (Å²) >= 11 is 0. The monoisotopic (exact) mass is 1440 g/mol. The minimum absolute atomic E-state index is 0.0141. The van der Waals surface area contributed by atoms with E-state index in [-0.39, 0.29) is 72.1 Å². The zero-order valence-corrected chi connectivity index (χ0v) is 65.0. The van der Waals surface area contributed by atoms with Crippen molar-refractivity contribution in [3.05, 3.63) is 139 Å². The van der Waals surface area contributed by atoms with E-state index in [9.17, 15) is 29.7 Å². The number of amides is 3. The van der Waals surface area contributed by atoms with Gasteiger partial charge in [0.1, 0.15) is 0 Å². The summed E-state index contributed by atoms with van der Waals surface area (Å²) in [4.78, 5) is 53.2. The fourth-order valence-corrected chi connectivity index (χ4v) is 18.8. The van der Waals surface area contributed by atoms with Crippen LogP contribution in [0.25, 0.3) is 0 Å². The van der Waals surface area contributed by atoms with Crippen LogP contribution in [-0.4, -0.2) is 211 Å². The van der Waals surface area contributed by atoms with E-state index in [4.69, 9.17) is 29.5 Å². The molecule has 3 aromatic heterocycles. The van der Waals surface area contributed by atoms with E-state index in [1.165, 1.54) is 50.4 Å². The lowest BCUT2D eigenvalue weighted by molar-refractivity contribution is -0.0588. The molecule has 6 saturated heterocycles. The van der Waals surface area contributed by atoms with E-state index in [0.717, 1.165) is 169 Å². The van der Waals surface area contributed by atoms with Gasteiger partial charge in [-0.15, -0.1) is 0 Å². The zero-order valence-electron chi connectivity index (χ0n) is 65.0. The molecule has 15 rings (SSSR count). The Bertz CT molecular complexity index is 3590. The molecule has 0 spiro atoms. The van der Waals surface area contributed by atoms with Crippen LogP contribution in [0.4, 0.5) is 17.1 Å². The van der Waals surface area contributed by atoms with Crippen molar-refractivity contribution < 1.29 is 43.9 Å². The number of carbonyl (C=O) groups is 3. The molecular weight excluding hydrogens is 1320 g/mol. The van der Waals surface area contributed by atoms with Gasteiger partial charge in [-0.3, -0.25) is 28.4 Å². The van der Waals surface area contributed by atoms with Gasteiger partial charge in [0.25, 0.3) is 17.7 Å². The zero-order chi connectivity index (χ0) is 74.1. The number of fused-ring (bicyclic) bond motifs is 3. The van der Waals surface area contributed by atoms with Crippen molar-refractivity contribution in [3.63, 3.8) is 0 Å². The smallest absolute Gasteiger partial charge is 0.274 e. The predicted molar refractivity (Wildman–Crippen MR) is 411 cm³/mol. The molecule has 9 aliphatic rings. The van der Waals surface area contributed by atoms with Crippen LogP contribution in [0.3, 0.4) is 0 Å². The molecule has 3 amide bonds. The fraction of sp³-hybridized carbons (Fsp3) is 0.643. The standard InChI is InChI=1S/3C28H40N4O3/c3*1-18-7-5-9-24(21(18)4)30-13-11-22(12-14-30)26(33)17-32-25-10-6-8-23(25)27(29-32)28(34)31-15-19(2)35-20(3)16-31/h3*5,7,9,19-20,22,26,33H,6,8,10-17H2,1-4H3/t3*19-,20+,26?. The number of aliphatic hydroxyl groups is 3. The Morgan fingerprint density at radius 3 is 0.857 bits per heavy atom. The third-order valence-corrected chi connectivity index (χ3v) is 24.8. The van der Waals surface area contributed by atoms with Crippen molar-refractivity contribution in [1.82, 2.24) is 44.0 Å². The maximum Gasteiger partial charge on any atom is 0.274 e. The highest BCUT2D eigenvalue weighted by atomic mass is 16.5. The highest BCUT2D eigenvalue weighted by Gasteiger charge is 2.39. The van der Waals surface area contributed by atoms with Crippen molar-refractivity contribution in [1.29, 1.82) is 0 Å². The number of hydrogen-bond donors (Lipinski definition) is 3. The number of ether oxygens (including phenoxy) is 3. The molecule has 6 fully saturated rings. The highest BCUT2D eigenvalue weighted by Crippen LogP contribution is 2.37. The maximum atomic E-state index is 13.4. The Morgan fingerprint density at radius 1 is 0.381 bits per heavy atom. The summed E-state index contributed by atoms with van der Waals surface area (Å²) in [7, 11) is 0. The summed E-state index contributed by atoms with van der Waals surface area (Å²) in [5, 5.41) is 47.9. The molecule has 21 nitrogen and oxygen atoms in total. The average Bonchev–Trinajstić information content (AvgIpc) is 1.48. The first kappa shape index (κ1) is 76.1. The molecule has 570 valence electrons. The van der Waals surface area contributed by atoms with E-state index >= 15 is 0 Å². The van der Waals surface area contributed by atoms with Gasteiger partial charge in [0.2, 0.25) is 0 Å². The lowest BCUT2D eigenvalue weighted by atomic mass is 9.90. The van der Waals surface area contributed by atoms with Crippen LogP contribution in [0.15, 0.2) is 54.6 Å². The number of rotatable bonds is 15. The number of anilines is 3. The van der Waals surface area contributed by atoms with Gasteiger partial charge in [-0.1, -0.05) is 36.4 Å². The minimum atomic E-state index is -0.452. The number of benzene rings is 3.